The van der Waals surface area contributed by atoms with Crippen molar-refractivity contribution in [2.24, 2.45) is 5.92 Å². The van der Waals surface area contributed by atoms with Gasteiger partial charge in [-0.2, -0.15) is 0 Å². The van der Waals surface area contributed by atoms with E-state index in [9.17, 15) is 0 Å². The molecule has 1 N–H and O–H groups in total. The summed E-state index contributed by atoms with van der Waals surface area (Å²) in [7, 11) is 0. The van der Waals surface area contributed by atoms with Crippen LogP contribution in [0, 0.1) is 5.92 Å². The molecule has 0 bridgehead atoms. The molecule has 0 aromatic carbocycles. The molecule has 2 heteroatoms. The van der Waals surface area contributed by atoms with Crippen LogP contribution >= 0.6 is 0 Å². The highest BCUT2D eigenvalue weighted by Crippen LogP contribution is 2.29. The molecule has 0 saturated heterocycles. The van der Waals surface area contributed by atoms with Crippen LogP contribution in [-0.2, 0) is 0 Å². The van der Waals surface area contributed by atoms with E-state index in [1.807, 2.05) is 0 Å². The lowest BCUT2D eigenvalue weighted by molar-refractivity contribution is 0.0576. The Bertz CT molecular complexity index is 217. The van der Waals surface area contributed by atoms with Gasteiger partial charge >= 0.3 is 0 Å². The maximum Gasteiger partial charge on any atom is 0.0243 e. The van der Waals surface area contributed by atoms with Gasteiger partial charge in [-0.3, -0.25) is 5.43 Å². The van der Waals surface area contributed by atoms with Gasteiger partial charge in [-0.1, -0.05) is 45.4 Å². The van der Waals surface area contributed by atoms with Gasteiger partial charge in [0.15, 0.2) is 0 Å². The Kier molecular flexibility index (Phi) is 5.97. The molecular formula is C16H32N2. The molecule has 2 aliphatic carbocycles. The number of hydrogen-bond donors (Lipinski definition) is 1. The standard InChI is InChI=1S/C16H32N2/c1-3-18(17-16-12-8-5-9-13-16)14(2)15-10-6-4-7-11-15/h14-17H,3-13H2,1-2H3. The minimum Gasteiger partial charge on any atom is -0.252 e. The summed E-state index contributed by atoms with van der Waals surface area (Å²) < 4.78 is 0. The van der Waals surface area contributed by atoms with Crippen LogP contribution in [0.2, 0.25) is 0 Å². The highest BCUT2D eigenvalue weighted by Gasteiger charge is 2.26. The Morgan fingerprint density at radius 2 is 1.50 bits per heavy atom. The summed E-state index contributed by atoms with van der Waals surface area (Å²) >= 11 is 0. The molecule has 2 fully saturated rings. The zero-order chi connectivity index (χ0) is 12.8. The van der Waals surface area contributed by atoms with E-state index in [2.05, 4.69) is 24.3 Å². The first kappa shape index (κ1) is 14.3. The molecule has 0 spiro atoms. The minimum absolute atomic E-state index is 0.720. The summed E-state index contributed by atoms with van der Waals surface area (Å²) in [5, 5.41) is 2.55. The molecule has 0 aromatic heterocycles. The predicted molar refractivity (Wildman–Crippen MR) is 78.4 cm³/mol. The van der Waals surface area contributed by atoms with Crippen molar-refractivity contribution in [2.45, 2.75) is 90.1 Å². The van der Waals surface area contributed by atoms with Crippen LogP contribution in [0.4, 0.5) is 0 Å². The lowest BCUT2D eigenvalue weighted by Crippen LogP contribution is -2.52. The maximum absolute atomic E-state index is 3.84. The van der Waals surface area contributed by atoms with E-state index in [-0.39, 0.29) is 0 Å². The van der Waals surface area contributed by atoms with E-state index in [0.717, 1.165) is 24.5 Å². The van der Waals surface area contributed by atoms with Gasteiger partial charge < -0.3 is 0 Å². The third-order valence-electron chi connectivity index (χ3n) is 5.12. The Balaban J connectivity index is 1.81. The SMILES string of the molecule is CCN(NC1CCCCC1)C(C)C1CCCCC1. The fourth-order valence-electron chi connectivity index (χ4n) is 3.83. The monoisotopic (exact) mass is 252 g/mol. The van der Waals surface area contributed by atoms with Gasteiger partial charge in [0, 0.05) is 18.6 Å². The number of nitrogens with zero attached hydrogens (tertiary/aromatic N) is 1. The van der Waals surface area contributed by atoms with Gasteiger partial charge in [0.2, 0.25) is 0 Å². The van der Waals surface area contributed by atoms with Crippen LogP contribution in [-0.4, -0.2) is 23.6 Å². The summed E-state index contributed by atoms with van der Waals surface area (Å²) in [6.45, 7) is 5.89. The first-order valence-corrected chi connectivity index (χ1v) is 8.34. The number of hydrazine groups is 1. The smallest absolute Gasteiger partial charge is 0.0243 e. The van der Waals surface area contributed by atoms with Crippen molar-refractivity contribution < 1.29 is 0 Å². The molecule has 2 nitrogen and oxygen atoms in total. The fraction of sp³-hybridized carbons (Fsp3) is 1.00. The number of hydrogen-bond acceptors (Lipinski definition) is 2. The highest BCUT2D eigenvalue weighted by molar-refractivity contribution is 4.79. The molecule has 0 heterocycles. The van der Waals surface area contributed by atoms with E-state index in [1.165, 1.54) is 64.2 Å². The van der Waals surface area contributed by atoms with Crippen LogP contribution < -0.4 is 5.43 Å². The summed E-state index contributed by atoms with van der Waals surface area (Å²) in [5.74, 6) is 0.926. The summed E-state index contributed by atoms with van der Waals surface area (Å²) in [4.78, 5) is 0. The second-order valence-corrected chi connectivity index (χ2v) is 6.39. The lowest BCUT2D eigenvalue weighted by atomic mass is 9.84. The average molecular weight is 252 g/mol. The van der Waals surface area contributed by atoms with Crippen LogP contribution in [0.15, 0.2) is 0 Å². The van der Waals surface area contributed by atoms with E-state index in [0.29, 0.717) is 0 Å². The Labute approximate surface area is 113 Å². The predicted octanol–water partition coefficient (Wildman–Crippen LogP) is 4.11. The first-order valence-electron chi connectivity index (χ1n) is 8.34. The normalized spacial score (nSPS) is 25.5. The molecule has 1 unspecified atom stereocenters. The van der Waals surface area contributed by atoms with Crippen LogP contribution in [0.1, 0.15) is 78.1 Å². The molecule has 18 heavy (non-hydrogen) atoms. The van der Waals surface area contributed by atoms with Crippen molar-refractivity contribution >= 4 is 0 Å². The number of nitrogens with one attached hydrogen (secondary N) is 1. The van der Waals surface area contributed by atoms with Gasteiger partial charge in [0.25, 0.3) is 0 Å². The molecule has 0 radical (unpaired) electrons. The van der Waals surface area contributed by atoms with Crippen LogP contribution in [0.5, 0.6) is 0 Å². The highest BCUT2D eigenvalue weighted by atomic mass is 15.5. The fourth-order valence-corrected chi connectivity index (χ4v) is 3.83. The Morgan fingerprint density at radius 3 is 2.06 bits per heavy atom. The quantitative estimate of drug-likeness (QED) is 0.741. The van der Waals surface area contributed by atoms with Crippen molar-refractivity contribution in [3.8, 4) is 0 Å². The second-order valence-electron chi connectivity index (χ2n) is 6.39. The van der Waals surface area contributed by atoms with E-state index >= 15 is 0 Å². The maximum atomic E-state index is 3.84. The topological polar surface area (TPSA) is 15.3 Å². The molecule has 0 amide bonds. The molecule has 0 aliphatic heterocycles. The lowest BCUT2D eigenvalue weighted by Gasteiger charge is -2.39. The van der Waals surface area contributed by atoms with Crippen molar-refractivity contribution in [3.05, 3.63) is 0 Å². The molecule has 2 saturated carbocycles. The molecule has 2 aliphatic rings. The van der Waals surface area contributed by atoms with Gasteiger partial charge in [-0.05, 0) is 38.5 Å². The Morgan fingerprint density at radius 1 is 0.944 bits per heavy atom. The molecular weight excluding hydrogens is 220 g/mol. The zero-order valence-electron chi connectivity index (χ0n) is 12.5. The van der Waals surface area contributed by atoms with Crippen molar-refractivity contribution in [3.63, 3.8) is 0 Å². The third kappa shape index (κ3) is 3.96. The minimum atomic E-state index is 0.720. The van der Waals surface area contributed by atoms with E-state index in [4.69, 9.17) is 0 Å². The average Bonchev–Trinajstić information content (AvgIpc) is 2.46. The van der Waals surface area contributed by atoms with Gasteiger partial charge in [-0.25, -0.2) is 5.01 Å². The van der Waals surface area contributed by atoms with Gasteiger partial charge in [0.1, 0.15) is 0 Å². The van der Waals surface area contributed by atoms with Gasteiger partial charge in [-0.15, -0.1) is 0 Å². The first-order chi connectivity index (χ1) is 8.81. The summed E-state index contributed by atoms with van der Waals surface area (Å²) in [6.07, 6.45) is 14.3. The van der Waals surface area contributed by atoms with Crippen molar-refractivity contribution in [2.75, 3.05) is 6.54 Å². The largest absolute Gasteiger partial charge is 0.252 e. The molecule has 1 atom stereocenters. The molecule has 2 rings (SSSR count). The van der Waals surface area contributed by atoms with Crippen molar-refractivity contribution in [1.29, 1.82) is 0 Å². The number of rotatable bonds is 5. The second kappa shape index (κ2) is 7.49. The molecule has 0 aromatic rings. The summed E-state index contributed by atoms with van der Waals surface area (Å²) in [6, 6.07) is 1.47. The van der Waals surface area contributed by atoms with Crippen LogP contribution in [0.25, 0.3) is 0 Å². The van der Waals surface area contributed by atoms with Crippen LogP contribution in [0.3, 0.4) is 0 Å². The third-order valence-corrected chi connectivity index (χ3v) is 5.12. The van der Waals surface area contributed by atoms with E-state index < -0.39 is 0 Å². The molecule has 106 valence electrons. The van der Waals surface area contributed by atoms with Crippen molar-refractivity contribution in [1.82, 2.24) is 10.4 Å². The summed E-state index contributed by atoms with van der Waals surface area (Å²) in [5.41, 5.74) is 3.84. The zero-order valence-corrected chi connectivity index (χ0v) is 12.5. The van der Waals surface area contributed by atoms with Gasteiger partial charge in [0.05, 0.1) is 0 Å². The van der Waals surface area contributed by atoms with E-state index in [1.54, 1.807) is 0 Å². The Hall–Kier alpha value is -0.0800.